The second-order valence-electron chi connectivity index (χ2n) is 14.8. The van der Waals surface area contributed by atoms with E-state index >= 15 is 0 Å². The molecule has 1 aliphatic heterocycles. The maximum atomic E-state index is 12.5. The van der Waals surface area contributed by atoms with Gasteiger partial charge in [0.1, 0.15) is 0 Å². The summed E-state index contributed by atoms with van der Waals surface area (Å²) in [5.41, 5.74) is 11.2. The van der Waals surface area contributed by atoms with Gasteiger partial charge in [0.2, 0.25) is 0 Å². The van der Waals surface area contributed by atoms with Crippen molar-refractivity contribution in [3.05, 3.63) is 79.6 Å². The number of aliphatic hydroxyl groups excluding tert-OH is 1. The second kappa shape index (κ2) is 19.5. The van der Waals surface area contributed by atoms with E-state index in [0.29, 0.717) is 55.0 Å². The van der Waals surface area contributed by atoms with Crippen LogP contribution in [0.25, 0.3) is 0 Å². The lowest BCUT2D eigenvalue weighted by molar-refractivity contribution is -0.138. The van der Waals surface area contributed by atoms with Crippen LogP contribution in [0, 0.1) is 25.7 Å². The van der Waals surface area contributed by atoms with E-state index in [1.165, 1.54) is 11.1 Å². The molecule has 2 unspecified atom stereocenters. The molecule has 0 saturated carbocycles. The molecule has 0 aromatic carbocycles. The molecule has 9 nitrogen and oxygen atoms in total. The van der Waals surface area contributed by atoms with Gasteiger partial charge in [0.25, 0.3) is 0 Å². The minimum Gasteiger partial charge on any atom is -0.481 e. The highest BCUT2D eigenvalue weighted by Gasteiger charge is 2.26. The maximum absolute atomic E-state index is 12.5. The Bertz CT molecular complexity index is 1570. The molecule has 0 fully saturated rings. The van der Waals surface area contributed by atoms with Crippen molar-refractivity contribution < 1.29 is 29.7 Å². The summed E-state index contributed by atoms with van der Waals surface area (Å²) in [5.74, 6) is -1.01. The van der Waals surface area contributed by atoms with E-state index in [1.807, 2.05) is 13.8 Å². The fourth-order valence-corrected chi connectivity index (χ4v) is 7.36. The van der Waals surface area contributed by atoms with Gasteiger partial charge in [-0.3, -0.25) is 14.4 Å². The third kappa shape index (κ3) is 11.9. The van der Waals surface area contributed by atoms with E-state index in [2.05, 4.69) is 62.1 Å². The molecule has 3 heterocycles. The lowest BCUT2D eigenvalue weighted by atomic mass is 9.94. The van der Waals surface area contributed by atoms with Gasteiger partial charge in [-0.05, 0) is 108 Å². The summed E-state index contributed by atoms with van der Waals surface area (Å²) in [7, 11) is 0. The van der Waals surface area contributed by atoms with Crippen molar-refractivity contribution in [2.45, 2.75) is 138 Å². The van der Waals surface area contributed by atoms with E-state index in [1.54, 1.807) is 0 Å². The number of H-pyrrole nitrogens is 2. The Morgan fingerprint density at radius 2 is 1.58 bits per heavy atom. The molecule has 3 atom stereocenters. The molecule has 0 saturated heterocycles. The Balaban J connectivity index is 1.71. The quantitative estimate of drug-likeness (QED) is 0.0534. The van der Waals surface area contributed by atoms with E-state index < -0.39 is 18.0 Å². The number of aromatic amines is 2. The lowest BCUT2D eigenvalue weighted by Gasteiger charge is -2.15. The lowest BCUT2D eigenvalue weighted by Crippen LogP contribution is -2.13. The van der Waals surface area contributed by atoms with Crippen LogP contribution in [0.5, 0.6) is 0 Å². The van der Waals surface area contributed by atoms with Gasteiger partial charge in [0, 0.05) is 71.8 Å². The Hall–Kier alpha value is -3.85. The van der Waals surface area contributed by atoms with Gasteiger partial charge in [-0.15, -0.1) is 0 Å². The number of carbonyl (C=O) groups is 3. The average molecular weight is 692 g/mol. The number of carboxylic acids is 2. The van der Waals surface area contributed by atoms with Gasteiger partial charge < -0.3 is 30.6 Å². The maximum Gasteiger partial charge on any atom is 0.303 e. The summed E-state index contributed by atoms with van der Waals surface area (Å²) in [4.78, 5) is 42.3. The molecule has 3 rings (SSSR count). The Labute approximate surface area is 298 Å². The van der Waals surface area contributed by atoms with Crippen molar-refractivity contribution in [2.24, 2.45) is 11.8 Å². The number of aromatic nitrogens is 2. The zero-order chi connectivity index (χ0) is 37.0. The van der Waals surface area contributed by atoms with Crippen molar-refractivity contribution in [3.63, 3.8) is 0 Å². The number of aliphatic hydroxyl groups is 1. The summed E-state index contributed by atoms with van der Waals surface area (Å²) in [6, 6.07) is 0. The molecule has 6 N–H and O–H groups in total. The largest absolute Gasteiger partial charge is 0.481 e. The standard InChI is InChI=1S/C41H61N3O6/c1-25(2)11-8-12-26(3)13-9-14-27(4)15-10-16-38(46)41-29(6)34(43-30(41)7)21-37-33(24-45)32(18-20-40(49)50)36(44-37)22-35-31(17-19-39(47)48)28(5)23-42-35/h11,13,24,27-28,38,42-44,46H,8-10,12,14-23H2,1-7H3,(H,47,48)(H,49,50)/b26-13+/t27?,28?,38-/m0/s1. The number of nitrogens with one attached hydrogen (secondary N) is 3. The Kier molecular flexibility index (Phi) is 15.8. The molecule has 0 radical (unpaired) electrons. The van der Waals surface area contributed by atoms with Crippen molar-refractivity contribution in [1.29, 1.82) is 0 Å². The number of aldehydes is 1. The number of carbonyl (C=O) groups excluding carboxylic acids is 1. The molecule has 0 spiro atoms. The number of aliphatic carboxylic acids is 2. The molecule has 1 aliphatic rings. The number of aryl methyl sites for hydroxylation is 1. The third-order valence-corrected chi connectivity index (χ3v) is 10.3. The highest BCUT2D eigenvalue weighted by atomic mass is 16.4. The minimum absolute atomic E-state index is 0.0413. The van der Waals surface area contributed by atoms with E-state index in [9.17, 15) is 29.7 Å². The Morgan fingerprint density at radius 3 is 2.24 bits per heavy atom. The molecule has 9 heteroatoms. The first-order valence-electron chi connectivity index (χ1n) is 18.4. The molecule has 0 bridgehead atoms. The first kappa shape index (κ1) is 40.6. The Morgan fingerprint density at radius 1 is 0.880 bits per heavy atom. The molecule has 0 aliphatic carbocycles. The summed E-state index contributed by atoms with van der Waals surface area (Å²) in [6.45, 7) is 15.5. The van der Waals surface area contributed by atoms with Crippen molar-refractivity contribution in [2.75, 3.05) is 6.54 Å². The molecule has 2 aromatic heterocycles. The zero-order valence-electron chi connectivity index (χ0n) is 31.4. The summed E-state index contributed by atoms with van der Waals surface area (Å²) >= 11 is 0. The molecule has 276 valence electrons. The number of carboxylic acid groups (broad SMARTS) is 2. The smallest absolute Gasteiger partial charge is 0.303 e. The van der Waals surface area contributed by atoms with Crippen molar-refractivity contribution >= 4 is 18.2 Å². The van der Waals surface area contributed by atoms with Gasteiger partial charge in [0.15, 0.2) is 6.29 Å². The van der Waals surface area contributed by atoms with E-state index in [0.717, 1.165) is 84.3 Å². The summed E-state index contributed by atoms with van der Waals surface area (Å²) < 4.78 is 0. The van der Waals surface area contributed by atoms with Crippen molar-refractivity contribution in [1.82, 2.24) is 15.3 Å². The SMILES string of the molecule is CC(C)=CCC/C(C)=C/CCC(C)CCC[C@H](O)c1c(C)[nH]c(Cc2[nH]c(CC3=C(CCC(=O)O)C(C)CN3)c(CCC(=O)O)c2C=O)c1C. The predicted molar refractivity (Wildman–Crippen MR) is 200 cm³/mol. The third-order valence-electron chi connectivity index (χ3n) is 10.3. The van der Waals surface area contributed by atoms with Crippen molar-refractivity contribution in [3.8, 4) is 0 Å². The van der Waals surface area contributed by atoms with Crippen LogP contribution in [0.1, 0.15) is 155 Å². The summed E-state index contributed by atoms with van der Waals surface area (Å²) in [6.07, 6.45) is 13.4. The highest BCUT2D eigenvalue weighted by Crippen LogP contribution is 2.33. The van der Waals surface area contributed by atoms with Gasteiger partial charge in [-0.25, -0.2) is 0 Å². The molecular formula is C41H61N3O6. The highest BCUT2D eigenvalue weighted by molar-refractivity contribution is 5.81. The zero-order valence-corrected chi connectivity index (χ0v) is 31.4. The minimum atomic E-state index is -0.939. The van der Waals surface area contributed by atoms with Crippen LogP contribution in [0.3, 0.4) is 0 Å². The predicted octanol–water partition coefficient (Wildman–Crippen LogP) is 8.59. The first-order chi connectivity index (χ1) is 23.7. The van der Waals surface area contributed by atoms with E-state index in [-0.39, 0.29) is 25.2 Å². The van der Waals surface area contributed by atoms with Crippen LogP contribution in [0.4, 0.5) is 0 Å². The van der Waals surface area contributed by atoms with Crippen LogP contribution in [-0.4, -0.2) is 50.1 Å². The average Bonchev–Trinajstić information content (AvgIpc) is 3.65. The molecule has 2 aromatic rings. The van der Waals surface area contributed by atoms with Gasteiger partial charge in [0.05, 0.1) is 6.10 Å². The monoisotopic (exact) mass is 691 g/mol. The van der Waals surface area contributed by atoms with Crippen LogP contribution < -0.4 is 5.32 Å². The van der Waals surface area contributed by atoms with Crippen LogP contribution >= 0.6 is 0 Å². The number of hydrogen-bond donors (Lipinski definition) is 6. The van der Waals surface area contributed by atoms with E-state index in [4.69, 9.17) is 0 Å². The topological polar surface area (TPSA) is 156 Å². The van der Waals surface area contributed by atoms with Crippen LogP contribution in [0.2, 0.25) is 0 Å². The van der Waals surface area contributed by atoms with Gasteiger partial charge in [-0.2, -0.15) is 0 Å². The second-order valence-corrected chi connectivity index (χ2v) is 14.8. The number of allylic oxidation sites excluding steroid dienone is 5. The van der Waals surface area contributed by atoms with Gasteiger partial charge in [-0.1, -0.05) is 50.0 Å². The molecule has 50 heavy (non-hydrogen) atoms. The van der Waals surface area contributed by atoms with Gasteiger partial charge >= 0.3 is 11.9 Å². The first-order valence-corrected chi connectivity index (χ1v) is 18.4. The number of hydrogen-bond acceptors (Lipinski definition) is 5. The van der Waals surface area contributed by atoms with Crippen LogP contribution in [-0.2, 0) is 28.9 Å². The fraction of sp³-hybridized carbons (Fsp3) is 0.585. The number of rotatable bonds is 22. The summed E-state index contributed by atoms with van der Waals surface area (Å²) in [5, 5.41) is 33.4. The molecular weight excluding hydrogens is 630 g/mol. The normalized spacial score (nSPS) is 16.0. The molecule has 0 amide bonds. The van der Waals surface area contributed by atoms with Crippen LogP contribution in [0.15, 0.2) is 34.6 Å². The fourth-order valence-electron chi connectivity index (χ4n) is 7.36.